The van der Waals surface area contributed by atoms with Gasteiger partial charge in [0, 0.05) is 0 Å². The predicted octanol–water partition coefficient (Wildman–Crippen LogP) is 7.56. The lowest BCUT2D eigenvalue weighted by molar-refractivity contribution is 0.377. The smallest absolute Gasteiger partial charge is 0.0104 e. The first-order valence-corrected chi connectivity index (χ1v) is 9.12. The Balaban J connectivity index is 2.71. The van der Waals surface area contributed by atoms with Gasteiger partial charge >= 0.3 is 0 Å². The molecule has 0 nitrogen and oxygen atoms in total. The van der Waals surface area contributed by atoms with Crippen LogP contribution in [0.3, 0.4) is 0 Å². The lowest BCUT2D eigenvalue weighted by Gasteiger charge is -2.32. The molecule has 0 heterocycles. The molecule has 0 aliphatic heterocycles. The van der Waals surface area contributed by atoms with Gasteiger partial charge in [-0.3, -0.25) is 0 Å². The Hall–Kier alpha value is -1.30. The van der Waals surface area contributed by atoms with Crippen molar-refractivity contribution in [1.82, 2.24) is 0 Å². The maximum Gasteiger partial charge on any atom is -0.0104 e. The summed E-state index contributed by atoms with van der Waals surface area (Å²) in [5.41, 5.74) is 6.07. The van der Waals surface area contributed by atoms with Crippen LogP contribution in [0.2, 0.25) is 0 Å². The first-order chi connectivity index (χ1) is 10.7. The minimum atomic E-state index is 0.325. The zero-order valence-corrected chi connectivity index (χ0v) is 16.4. The van der Waals surface area contributed by atoms with E-state index in [9.17, 15) is 0 Å². The van der Waals surface area contributed by atoms with Crippen LogP contribution >= 0.6 is 0 Å². The van der Waals surface area contributed by atoms with Crippen LogP contribution in [0.25, 0.3) is 0 Å². The summed E-state index contributed by atoms with van der Waals surface area (Å²) in [6, 6.07) is 0. The van der Waals surface area contributed by atoms with E-state index in [0.29, 0.717) is 5.41 Å². The fourth-order valence-corrected chi connectivity index (χ4v) is 3.12. The third-order valence-corrected chi connectivity index (χ3v) is 4.68. The summed E-state index contributed by atoms with van der Waals surface area (Å²) in [7, 11) is 0. The SMILES string of the molecule is CC1=C(/C=C/C(C)=C/C=C\C(C)=C/CC(C)C)C(C)(C)CCC1. The molecule has 0 aromatic heterocycles. The van der Waals surface area contributed by atoms with Gasteiger partial charge in [0.25, 0.3) is 0 Å². The van der Waals surface area contributed by atoms with Crippen molar-refractivity contribution in [2.75, 3.05) is 0 Å². The fourth-order valence-electron chi connectivity index (χ4n) is 3.12. The lowest BCUT2D eigenvalue weighted by atomic mass is 9.72. The molecule has 1 aliphatic carbocycles. The summed E-state index contributed by atoms with van der Waals surface area (Å²) in [4.78, 5) is 0. The van der Waals surface area contributed by atoms with Gasteiger partial charge in [-0.2, -0.15) is 0 Å². The van der Waals surface area contributed by atoms with Crippen LogP contribution in [0, 0.1) is 11.3 Å². The van der Waals surface area contributed by atoms with E-state index in [0.717, 1.165) is 12.3 Å². The molecule has 0 saturated carbocycles. The summed E-state index contributed by atoms with van der Waals surface area (Å²) in [5.74, 6) is 0.730. The molecule has 1 rings (SSSR count). The molecule has 0 heteroatoms. The molecule has 0 aromatic rings. The molecule has 0 atom stereocenters. The molecule has 0 spiro atoms. The zero-order valence-electron chi connectivity index (χ0n) is 16.4. The van der Waals surface area contributed by atoms with E-state index in [4.69, 9.17) is 0 Å². The van der Waals surface area contributed by atoms with Gasteiger partial charge in [-0.25, -0.2) is 0 Å². The average molecular weight is 313 g/mol. The first kappa shape index (κ1) is 19.7. The molecule has 0 amide bonds. The van der Waals surface area contributed by atoms with Crippen molar-refractivity contribution < 1.29 is 0 Å². The van der Waals surface area contributed by atoms with Crippen LogP contribution in [0.15, 0.2) is 58.7 Å². The maximum atomic E-state index is 2.37. The second-order valence-electron chi connectivity index (χ2n) is 8.11. The minimum Gasteiger partial charge on any atom is -0.0813 e. The average Bonchev–Trinajstić information content (AvgIpc) is 2.44. The standard InChI is InChI=1S/C23H36/c1-18(2)13-14-19(3)10-8-11-20(4)15-16-22-21(5)12-9-17-23(22,6)7/h8,10-11,14-16,18H,9,12-13,17H2,1-7H3/b10-8-,16-15+,19-14-,20-11+. The van der Waals surface area contributed by atoms with Gasteiger partial charge in [-0.15, -0.1) is 0 Å². The van der Waals surface area contributed by atoms with E-state index in [1.54, 1.807) is 5.57 Å². The Morgan fingerprint density at radius 3 is 2.43 bits per heavy atom. The molecule has 0 aromatic carbocycles. The number of hydrogen-bond acceptors (Lipinski definition) is 0. The Labute approximate surface area is 144 Å². The Kier molecular flexibility index (Phi) is 7.82. The van der Waals surface area contributed by atoms with Crippen molar-refractivity contribution in [3.8, 4) is 0 Å². The van der Waals surface area contributed by atoms with Gasteiger partial charge in [-0.05, 0) is 63.4 Å². The Morgan fingerprint density at radius 2 is 1.83 bits per heavy atom. The van der Waals surface area contributed by atoms with Gasteiger partial charge in [0.2, 0.25) is 0 Å². The summed E-state index contributed by atoms with van der Waals surface area (Å²) in [5, 5.41) is 0. The van der Waals surface area contributed by atoms with Crippen LogP contribution in [0.5, 0.6) is 0 Å². The van der Waals surface area contributed by atoms with Crippen LogP contribution in [-0.4, -0.2) is 0 Å². The number of allylic oxidation sites excluding steroid dienone is 10. The lowest BCUT2D eigenvalue weighted by Crippen LogP contribution is -2.19. The Morgan fingerprint density at radius 1 is 1.13 bits per heavy atom. The molecule has 0 unspecified atom stereocenters. The van der Waals surface area contributed by atoms with Gasteiger partial charge in [0.15, 0.2) is 0 Å². The number of hydrogen-bond donors (Lipinski definition) is 0. The van der Waals surface area contributed by atoms with Gasteiger partial charge in [0.1, 0.15) is 0 Å². The monoisotopic (exact) mass is 312 g/mol. The summed E-state index contributed by atoms with van der Waals surface area (Å²) in [6.07, 6.45) is 18.5. The molecule has 0 N–H and O–H groups in total. The van der Waals surface area contributed by atoms with Crippen molar-refractivity contribution in [1.29, 1.82) is 0 Å². The number of rotatable bonds is 6. The van der Waals surface area contributed by atoms with Gasteiger partial charge < -0.3 is 0 Å². The quantitative estimate of drug-likeness (QED) is 0.444. The zero-order chi connectivity index (χ0) is 17.5. The molecule has 1 aliphatic rings. The highest BCUT2D eigenvalue weighted by Crippen LogP contribution is 2.40. The van der Waals surface area contributed by atoms with Crippen LogP contribution in [0.4, 0.5) is 0 Å². The van der Waals surface area contributed by atoms with Crippen molar-refractivity contribution in [2.45, 2.75) is 74.1 Å². The molecule has 0 bridgehead atoms. The molecule has 0 radical (unpaired) electrons. The third kappa shape index (κ3) is 7.20. The van der Waals surface area contributed by atoms with Crippen molar-refractivity contribution >= 4 is 0 Å². The molecular weight excluding hydrogens is 276 g/mol. The van der Waals surface area contributed by atoms with E-state index in [2.05, 4.69) is 84.9 Å². The van der Waals surface area contributed by atoms with Crippen molar-refractivity contribution in [3.05, 3.63) is 58.7 Å². The highest BCUT2D eigenvalue weighted by atomic mass is 14.3. The van der Waals surface area contributed by atoms with Crippen LogP contribution < -0.4 is 0 Å². The van der Waals surface area contributed by atoms with Crippen molar-refractivity contribution in [2.24, 2.45) is 11.3 Å². The summed E-state index contributed by atoms with van der Waals surface area (Å²) >= 11 is 0. The molecule has 0 saturated heterocycles. The highest BCUT2D eigenvalue weighted by Gasteiger charge is 2.26. The van der Waals surface area contributed by atoms with Crippen LogP contribution in [0.1, 0.15) is 74.1 Å². The normalized spacial score (nSPS) is 20.3. The molecule has 23 heavy (non-hydrogen) atoms. The topological polar surface area (TPSA) is 0 Å². The van der Waals surface area contributed by atoms with Gasteiger partial charge in [0.05, 0.1) is 0 Å². The molecule has 0 fully saturated rings. The first-order valence-electron chi connectivity index (χ1n) is 9.12. The largest absolute Gasteiger partial charge is 0.0813 e. The molecular formula is C23H36. The highest BCUT2D eigenvalue weighted by molar-refractivity contribution is 5.37. The second-order valence-corrected chi connectivity index (χ2v) is 8.11. The summed E-state index contributed by atoms with van der Waals surface area (Å²) in [6.45, 7) is 15.9. The fraction of sp³-hybridized carbons (Fsp3) is 0.565. The van der Waals surface area contributed by atoms with Crippen molar-refractivity contribution in [3.63, 3.8) is 0 Å². The van der Waals surface area contributed by atoms with E-state index in [-0.39, 0.29) is 0 Å². The predicted molar refractivity (Wildman–Crippen MR) is 106 cm³/mol. The Bertz CT molecular complexity index is 530. The van der Waals surface area contributed by atoms with E-state index in [1.807, 2.05) is 0 Å². The third-order valence-electron chi connectivity index (χ3n) is 4.68. The minimum absolute atomic E-state index is 0.325. The van der Waals surface area contributed by atoms with E-state index >= 15 is 0 Å². The summed E-state index contributed by atoms with van der Waals surface area (Å²) < 4.78 is 0. The van der Waals surface area contributed by atoms with Crippen LogP contribution in [-0.2, 0) is 0 Å². The van der Waals surface area contributed by atoms with Gasteiger partial charge in [-0.1, -0.05) is 80.9 Å². The maximum absolute atomic E-state index is 2.37. The van der Waals surface area contributed by atoms with E-state index in [1.165, 1.54) is 36.0 Å². The van der Waals surface area contributed by atoms with E-state index < -0.39 is 0 Å². The second kappa shape index (κ2) is 9.11. The molecule has 128 valence electrons.